The van der Waals surface area contributed by atoms with Crippen molar-refractivity contribution in [2.24, 2.45) is 0 Å². The third-order valence-corrected chi connectivity index (χ3v) is 2.58. The molecule has 2 aromatic carbocycles. The van der Waals surface area contributed by atoms with Crippen molar-refractivity contribution >= 4 is 23.4 Å². The summed E-state index contributed by atoms with van der Waals surface area (Å²) in [6, 6.07) is 13.7. The maximum absolute atomic E-state index is 9.91. The number of aromatic hydroxyl groups is 1. The summed E-state index contributed by atoms with van der Waals surface area (Å²) >= 11 is 5.84. The number of phenols is 1. The minimum absolute atomic E-state index is 0.0639. The number of aliphatic hydroxyl groups is 1. The summed E-state index contributed by atoms with van der Waals surface area (Å²) in [4.78, 5) is 0. The second-order valence-corrected chi connectivity index (χ2v) is 4.04. The summed E-state index contributed by atoms with van der Waals surface area (Å²) in [5.74, 6) is 0.190. The van der Waals surface area contributed by atoms with E-state index < -0.39 is 0 Å². The highest BCUT2D eigenvalue weighted by Gasteiger charge is 2.02. The van der Waals surface area contributed by atoms with Gasteiger partial charge >= 0.3 is 0 Å². The molecule has 0 fully saturated rings. The average molecular weight is 247 g/mol. The van der Waals surface area contributed by atoms with Crippen LogP contribution in [0.25, 0.3) is 11.8 Å². The van der Waals surface area contributed by atoms with Crippen molar-refractivity contribution in [1.82, 2.24) is 0 Å². The highest BCUT2D eigenvalue weighted by Crippen LogP contribution is 2.23. The molecule has 3 heteroatoms. The Bertz CT molecular complexity index is 562. The van der Waals surface area contributed by atoms with Crippen LogP contribution in [-0.4, -0.2) is 10.2 Å². The monoisotopic (exact) mass is 246 g/mol. The third-order valence-electron chi connectivity index (χ3n) is 2.35. The lowest BCUT2D eigenvalue weighted by Crippen LogP contribution is -1.83. The number of hydrogen-bond donors (Lipinski definition) is 2. The van der Waals surface area contributed by atoms with Gasteiger partial charge in [0, 0.05) is 16.1 Å². The van der Waals surface area contributed by atoms with E-state index in [1.807, 2.05) is 0 Å². The molecule has 0 aromatic heterocycles. The van der Waals surface area contributed by atoms with E-state index in [1.54, 1.807) is 48.5 Å². The third kappa shape index (κ3) is 2.80. The Hall–Kier alpha value is -1.93. The topological polar surface area (TPSA) is 40.5 Å². The summed E-state index contributed by atoms with van der Waals surface area (Å²) in [7, 11) is 0. The molecule has 2 aromatic rings. The van der Waals surface area contributed by atoms with E-state index in [9.17, 15) is 10.2 Å². The molecule has 0 unspecified atom stereocenters. The standard InChI is InChI=1S/C14H11ClO2/c15-12-6-3-5-10(8-12)14(17)9-11-4-1-2-7-13(11)16/h1-9,16-17H. The first kappa shape index (κ1) is 11.6. The van der Waals surface area contributed by atoms with Crippen LogP contribution in [0.1, 0.15) is 11.1 Å². The molecule has 0 amide bonds. The molecule has 0 radical (unpaired) electrons. The van der Waals surface area contributed by atoms with Crippen LogP contribution in [0.4, 0.5) is 0 Å². The van der Waals surface area contributed by atoms with Crippen LogP contribution in [0.15, 0.2) is 48.5 Å². The van der Waals surface area contributed by atoms with Gasteiger partial charge < -0.3 is 10.2 Å². The number of para-hydroxylation sites is 1. The first-order valence-corrected chi connectivity index (χ1v) is 5.49. The zero-order chi connectivity index (χ0) is 12.3. The Morgan fingerprint density at radius 1 is 1.06 bits per heavy atom. The number of halogens is 1. The second-order valence-electron chi connectivity index (χ2n) is 3.60. The maximum atomic E-state index is 9.91. The van der Waals surface area contributed by atoms with Crippen LogP contribution in [0, 0.1) is 0 Å². The lowest BCUT2D eigenvalue weighted by Gasteiger charge is -2.02. The van der Waals surface area contributed by atoms with Gasteiger partial charge in [-0.15, -0.1) is 0 Å². The molecule has 17 heavy (non-hydrogen) atoms. The molecular weight excluding hydrogens is 236 g/mol. The molecule has 2 rings (SSSR count). The quantitative estimate of drug-likeness (QED) is 0.619. The van der Waals surface area contributed by atoms with Gasteiger partial charge in [0.05, 0.1) is 0 Å². The zero-order valence-electron chi connectivity index (χ0n) is 8.97. The van der Waals surface area contributed by atoms with E-state index in [2.05, 4.69) is 0 Å². The molecule has 0 aliphatic heterocycles. The molecule has 0 saturated carbocycles. The molecule has 0 bridgehead atoms. The molecule has 86 valence electrons. The van der Waals surface area contributed by atoms with E-state index in [1.165, 1.54) is 6.08 Å². The Morgan fingerprint density at radius 2 is 1.82 bits per heavy atom. The van der Waals surface area contributed by atoms with Crippen LogP contribution in [-0.2, 0) is 0 Å². The highest BCUT2D eigenvalue weighted by molar-refractivity contribution is 6.30. The fraction of sp³-hybridized carbons (Fsp3) is 0. The highest BCUT2D eigenvalue weighted by atomic mass is 35.5. The van der Waals surface area contributed by atoms with Crippen LogP contribution in [0.3, 0.4) is 0 Å². The van der Waals surface area contributed by atoms with Crippen molar-refractivity contribution in [2.75, 3.05) is 0 Å². The van der Waals surface area contributed by atoms with Gasteiger partial charge in [-0.1, -0.05) is 41.9 Å². The molecule has 0 saturated heterocycles. The fourth-order valence-corrected chi connectivity index (χ4v) is 1.68. The molecular formula is C14H11ClO2. The predicted molar refractivity (Wildman–Crippen MR) is 70.1 cm³/mol. The molecule has 0 atom stereocenters. The Labute approximate surface area is 104 Å². The van der Waals surface area contributed by atoms with E-state index in [4.69, 9.17) is 11.6 Å². The predicted octanol–water partition coefficient (Wildman–Crippen LogP) is 4.10. The van der Waals surface area contributed by atoms with Gasteiger partial charge in [0.1, 0.15) is 11.5 Å². The minimum Gasteiger partial charge on any atom is -0.507 e. The molecule has 0 spiro atoms. The number of aliphatic hydroxyl groups excluding tert-OH is 1. The van der Waals surface area contributed by atoms with Crippen molar-refractivity contribution < 1.29 is 10.2 Å². The van der Waals surface area contributed by atoms with Gasteiger partial charge in [0.2, 0.25) is 0 Å². The van der Waals surface area contributed by atoms with E-state index >= 15 is 0 Å². The van der Waals surface area contributed by atoms with Crippen molar-refractivity contribution in [2.45, 2.75) is 0 Å². The van der Waals surface area contributed by atoms with Crippen LogP contribution >= 0.6 is 11.6 Å². The smallest absolute Gasteiger partial charge is 0.123 e. The van der Waals surface area contributed by atoms with Crippen LogP contribution in [0.5, 0.6) is 5.75 Å². The maximum Gasteiger partial charge on any atom is 0.123 e. The first-order chi connectivity index (χ1) is 8.16. The molecule has 0 aliphatic carbocycles. The first-order valence-electron chi connectivity index (χ1n) is 5.11. The molecule has 0 heterocycles. The van der Waals surface area contributed by atoms with Gasteiger partial charge in [-0.3, -0.25) is 0 Å². The minimum atomic E-state index is 0.0639. The van der Waals surface area contributed by atoms with Gasteiger partial charge in [0.25, 0.3) is 0 Å². The SMILES string of the molecule is OC(=Cc1ccccc1O)c1cccc(Cl)c1. The number of benzene rings is 2. The summed E-state index contributed by atoms with van der Waals surface area (Å²) in [6.07, 6.45) is 1.50. The summed E-state index contributed by atoms with van der Waals surface area (Å²) in [5, 5.41) is 20.0. The molecule has 2 nitrogen and oxygen atoms in total. The van der Waals surface area contributed by atoms with Gasteiger partial charge in [-0.25, -0.2) is 0 Å². The van der Waals surface area contributed by atoms with E-state index in [0.29, 0.717) is 16.1 Å². The zero-order valence-corrected chi connectivity index (χ0v) is 9.72. The lowest BCUT2D eigenvalue weighted by atomic mass is 10.1. The number of phenolic OH excluding ortho intramolecular Hbond substituents is 1. The van der Waals surface area contributed by atoms with Crippen molar-refractivity contribution in [3.63, 3.8) is 0 Å². The van der Waals surface area contributed by atoms with Gasteiger partial charge in [0.15, 0.2) is 0 Å². The number of rotatable bonds is 2. The second kappa shape index (κ2) is 4.93. The van der Waals surface area contributed by atoms with Gasteiger partial charge in [-0.05, 0) is 24.3 Å². The van der Waals surface area contributed by atoms with E-state index in [0.717, 1.165) is 0 Å². The Kier molecular flexibility index (Phi) is 3.35. The lowest BCUT2D eigenvalue weighted by molar-refractivity contribution is 0.473. The summed E-state index contributed by atoms with van der Waals surface area (Å²) in [6.45, 7) is 0. The van der Waals surface area contributed by atoms with E-state index in [-0.39, 0.29) is 11.5 Å². The van der Waals surface area contributed by atoms with Crippen LogP contribution < -0.4 is 0 Å². The average Bonchev–Trinajstić information content (AvgIpc) is 2.32. The van der Waals surface area contributed by atoms with Crippen LogP contribution in [0.2, 0.25) is 5.02 Å². The fourth-order valence-electron chi connectivity index (χ4n) is 1.49. The van der Waals surface area contributed by atoms with Crippen molar-refractivity contribution in [3.05, 3.63) is 64.7 Å². The summed E-state index contributed by atoms with van der Waals surface area (Å²) < 4.78 is 0. The molecule has 0 aliphatic rings. The number of hydrogen-bond acceptors (Lipinski definition) is 2. The normalized spacial score (nSPS) is 11.5. The van der Waals surface area contributed by atoms with Crippen molar-refractivity contribution in [1.29, 1.82) is 0 Å². The molecule has 2 N–H and O–H groups in total. The van der Waals surface area contributed by atoms with Crippen molar-refractivity contribution in [3.8, 4) is 5.75 Å². The Morgan fingerprint density at radius 3 is 2.53 bits per heavy atom. The Balaban J connectivity index is 2.38. The summed E-state index contributed by atoms with van der Waals surface area (Å²) in [5.41, 5.74) is 1.17. The van der Waals surface area contributed by atoms with Gasteiger partial charge in [-0.2, -0.15) is 0 Å². The largest absolute Gasteiger partial charge is 0.507 e.